The molecule has 5 heteroatoms. The van der Waals surface area contributed by atoms with Gasteiger partial charge in [0.15, 0.2) is 0 Å². The first-order valence-corrected chi connectivity index (χ1v) is 5.52. The van der Waals surface area contributed by atoms with Crippen LogP contribution in [-0.4, -0.2) is 10.2 Å². The number of nitrogens with two attached hydrogens (primary N) is 1. The van der Waals surface area contributed by atoms with E-state index in [-0.39, 0.29) is 0 Å². The fourth-order valence-electron chi connectivity index (χ4n) is 1.34. The molecule has 0 unspecified atom stereocenters. The van der Waals surface area contributed by atoms with E-state index in [4.69, 9.17) is 17.3 Å². The quantitative estimate of drug-likeness (QED) is 0.844. The van der Waals surface area contributed by atoms with Crippen molar-refractivity contribution in [2.75, 3.05) is 5.73 Å². The normalized spacial score (nSPS) is 10.6. The number of hydrogen-bond donors (Lipinski definition) is 2. The fourth-order valence-corrected chi connectivity index (χ4v) is 1.84. The fraction of sp³-hybridized carbons (Fsp3) is 0.100. The van der Waals surface area contributed by atoms with E-state index < -0.39 is 0 Å². The molecule has 0 atom stereocenters. The van der Waals surface area contributed by atoms with E-state index in [0.29, 0.717) is 10.8 Å². The molecule has 0 aliphatic carbocycles. The molecule has 1 heterocycles. The van der Waals surface area contributed by atoms with Crippen LogP contribution < -0.4 is 5.73 Å². The number of nitrogens with zero attached hydrogens (tertiary/aromatic N) is 1. The SMILES string of the molecule is Cc1c(N)n[nH]c1-c1ccc(Cl)c(Br)c1. The lowest BCUT2D eigenvalue weighted by atomic mass is 10.1. The molecule has 1 aromatic carbocycles. The van der Waals surface area contributed by atoms with E-state index in [1.807, 2.05) is 25.1 Å². The Kier molecular flexibility index (Phi) is 2.71. The summed E-state index contributed by atoms with van der Waals surface area (Å²) in [7, 11) is 0. The van der Waals surface area contributed by atoms with Crippen LogP contribution in [0.25, 0.3) is 11.3 Å². The van der Waals surface area contributed by atoms with Crippen LogP contribution in [0.15, 0.2) is 22.7 Å². The van der Waals surface area contributed by atoms with E-state index in [0.717, 1.165) is 21.3 Å². The molecule has 0 aliphatic heterocycles. The number of benzene rings is 1. The van der Waals surface area contributed by atoms with Gasteiger partial charge in [0.05, 0.1) is 10.7 Å². The van der Waals surface area contributed by atoms with Gasteiger partial charge in [-0.1, -0.05) is 17.7 Å². The Hall–Kier alpha value is -1.000. The molecular weight excluding hydrogens is 277 g/mol. The molecule has 0 bridgehead atoms. The summed E-state index contributed by atoms with van der Waals surface area (Å²) >= 11 is 9.29. The van der Waals surface area contributed by atoms with Gasteiger partial charge in [0, 0.05) is 15.6 Å². The molecule has 15 heavy (non-hydrogen) atoms. The molecule has 3 N–H and O–H groups in total. The summed E-state index contributed by atoms with van der Waals surface area (Å²) in [6.45, 7) is 1.93. The Morgan fingerprint density at radius 2 is 2.20 bits per heavy atom. The van der Waals surface area contributed by atoms with Gasteiger partial charge < -0.3 is 5.73 Å². The highest BCUT2D eigenvalue weighted by atomic mass is 79.9. The Bertz CT molecular complexity index is 507. The van der Waals surface area contributed by atoms with Gasteiger partial charge in [0.2, 0.25) is 0 Å². The lowest BCUT2D eigenvalue weighted by Gasteiger charge is -2.02. The monoisotopic (exact) mass is 285 g/mol. The van der Waals surface area contributed by atoms with Crippen molar-refractivity contribution in [2.45, 2.75) is 6.92 Å². The topological polar surface area (TPSA) is 54.7 Å². The van der Waals surface area contributed by atoms with Gasteiger partial charge in [-0.25, -0.2) is 0 Å². The second-order valence-electron chi connectivity index (χ2n) is 3.24. The number of nitrogen functional groups attached to an aromatic ring is 1. The Labute approximate surface area is 101 Å². The zero-order chi connectivity index (χ0) is 11.0. The van der Waals surface area contributed by atoms with Crippen LogP contribution in [0.3, 0.4) is 0 Å². The van der Waals surface area contributed by atoms with Gasteiger partial charge in [-0.3, -0.25) is 5.10 Å². The van der Waals surface area contributed by atoms with Crippen molar-refractivity contribution >= 4 is 33.3 Å². The van der Waals surface area contributed by atoms with Gasteiger partial charge in [-0.15, -0.1) is 0 Å². The van der Waals surface area contributed by atoms with E-state index >= 15 is 0 Å². The number of halogens is 2. The summed E-state index contributed by atoms with van der Waals surface area (Å²) < 4.78 is 0.856. The zero-order valence-electron chi connectivity index (χ0n) is 8.01. The first-order valence-electron chi connectivity index (χ1n) is 4.35. The van der Waals surface area contributed by atoms with Crippen molar-refractivity contribution in [3.05, 3.63) is 33.3 Å². The summed E-state index contributed by atoms with van der Waals surface area (Å²) in [5.41, 5.74) is 8.54. The molecule has 3 nitrogen and oxygen atoms in total. The number of H-pyrrole nitrogens is 1. The van der Waals surface area contributed by atoms with Gasteiger partial charge in [0.25, 0.3) is 0 Å². The van der Waals surface area contributed by atoms with Crippen molar-refractivity contribution in [3.63, 3.8) is 0 Å². The predicted octanol–water partition coefficient (Wildman–Crippen LogP) is 3.38. The molecule has 2 rings (SSSR count). The Morgan fingerprint density at radius 3 is 2.73 bits per heavy atom. The van der Waals surface area contributed by atoms with Crippen LogP contribution in [0, 0.1) is 6.92 Å². The third-order valence-electron chi connectivity index (χ3n) is 2.26. The van der Waals surface area contributed by atoms with E-state index in [1.54, 1.807) is 0 Å². The van der Waals surface area contributed by atoms with Crippen LogP contribution in [0.2, 0.25) is 5.02 Å². The van der Waals surface area contributed by atoms with Crippen molar-refractivity contribution in [2.24, 2.45) is 0 Å². The number of aromatic amines is 1. The maximum absolute atomic E-state index is 5.92. The summed E-state index contributed by atoms with van der Waals surface area (Å²) in [4.78, 5) is 0. The van der Waals surface area contributed by atoms with Crippen molar-refractivity contribution in [3.8, 4) is 11.3 Å². The standard InChI is InChI=1S/C10H9BrClN3/c1-5-9(14-15-10(5)13)6-2-3-8(12)7(11)4-6/h2-4H,1H3,(H3,13,14,15). The van der Waals surface area contributed by atoms with Crippen LogP contribution >= 0.6 is 27.5 Å². The minimum atomic E-state index is 0.524. The van der Waals surface area contributed by atoms with Crippen molar-refractivity contribution in [1.82, 2.24) is 10.2 Å². The highest BCUT2D eigenvalue weighted by molar-refractivity contribution is 9.10. The van der Waals surface area contributed by atoms with Crippen LogP contribution in [-0.2, 0) is 0 Å². The number of hydrogen-bond acceptors (Lipinski definition) is 2. The number of aromatic nitrogens is 2. The third-order valence-corrected chi connectivity index (χ3v) is 3.47. The second kappa shape index (κ2) is 3.87. The summed E-state index contributed by atoms with van der Waals surface area (Å²) in [5, 5.41) is 7.53. The largest absolute Gasteiger partial charge is 0.382 e. The van der Waals surface area contributed by atoms with Crippen molar-refractivity contribution in [1.29, 1.82) is 0 Å². The molecule has 0 saturated carbocycles. The second-order valence-corrected chi connectivity index (χ2v) is 4.50. The third kappa shape index (κ3) is 1.87. The molecule has 0 radical (unpaired) electrons. The minimum absolute atomic E-state index is 0.524. The van der Waals surface area contributed by atoms with Crippen LogP contribution in [0.4, 0.5) is 5.82 Å². The summed E-state index contributed by atoms with van der Waals surface area (Å²) in [5.74, 6) is 0.524. The maximum atomic E-state index is 5.92. The Morgan fingerprint density at radius 1 is 1.47 bits per heavy atom. The molecule has 0 aliphatic rings. The first-order chi connectivity index (χ1) is 7.09. The smallest absolute Gasteiger partial charge is 0.148 e. The average molecular weight is 287 g/mol. The number of nitrogens with one attached hydrogen (secondary N) is 1. The molecule has 0 spiro atoms. The number of anilines is 1. The van der Waals surface area contributed by atoms with Crippen molar-refractivity contribution < 1.29 is 0 Å². The Balaban J connectivity index is 2.55. The molecule has 78 valence electrons. The lowest BCUT2D eigenvalue weighted by Crippen LogP contribution is -1.86. The molecule has 2 aromatic rings. The predicted molar refractivity (Wildman–Crippen MR) is 65.9 cm³/mol. The van der Waals surface area contributed by atoms with E-state index in [1.165, 1.54) is 0 Å². The maximum Gasteiger partial charge on any atom is 0.148 e. The van der Waals surface area contributed by atoms with Crippen LogP contribution in [0.1, 0.15) is 5.56 Å². The van der Waals surface area contributed by atoms with E-state index in [2.05, 4.69) is 26.1 Å². The first kappa shape index (κ1) is 10.5. The lowest BCUT2D eigenvalue weighted by molar-refractivity contribution is 1.10. The summed E-state index contributed by atoms with van der Waals surface area (Å²) in [6.07, 6.45) is 0. The van der Waals surface area contributed by atoms with Gasteiger partial charge >= 0.3 is 0 Å². The molecular formula is C10H9BrClN3. The molecule has 0 amide bonds. The molecule has 0 fully saturated rings. The number of rotatable bonds is 1. The van der Waals surface area contributed by atoms with Gasteiger partial charge in [0.1, 0.15) is 5.82 Å². The minimum Gasteiger partial charge on any atom is -0.382 e. The molecule has 1 aromatic heterocycles. The summed E-state index contributed by atoms with van der Waals surface area (Å²) in [6, 6.07) is 5.69. The van der Waals surface area contributed by atoms with E-state index in [9.17, 15) is 0 Å². The van der Waals surface area contributed by atoms with Gasteiger partial charge in [-0.05, 0) is 35.0 Å². The highest BCUT2D eigenvalue weighted by Crippen LogP contribution is 2.30. The van der Waals surface area contributed by atoms with Gasteiger partial charge in [-0.2, -0.15) is 5.10 Å². The molecule has 0 saturated heterocycles. The average Bonchev–Trinajstić information content (AvgIpc) is 2.53. The zero-order valence-corrected chi connectivity index (χ0v) is 10.4. The highest BCUT2D eigenvalue weighted by Gasteiger charge is 2.09. The van der Waals surface area contributed by atoms with Crippen LogP contribution in [0.5, 0.6) is 0 Å².